The second-order valence-electron chi connectivity index (χ2n) is 3.78. The Labute approximate surface area is 111 Å². The fourth-order valence-electron chi connectivity index (χ4n) is 1.44. The third-order valence-electron chi connectivity index (χ3n) is 2.42. The van der Waals surface area contributed by atoms with Crippen molar-refractivity contribution in [2.75, 3.05) is 26.6 Å². The van der Waals surface area contributed by atoms with Gasteiger partial charge in [0.25, 0.3) is 0 Å². The minimum Gasteiger partial charge on any atom is -0.493 e. The molecular weight excluding hydrogens is 250 g/mol. The Morgan fingerprint density at radius 1 is 1.21 bits per heavy atom. The highest BCUT2D eigenvalue weighted by Gasteiger charge is 2.13. The number of rotatable bonds is 6. The number of anilines is 1. The molecule has 0 saturated carbocycles. The number of methoxy groups -OCH3 is 2. The molecule has 0 bridgehead atoms. The predicted octanol–water partition coefficient (Wildman–Crippen LogP) is 1.39. The quantitative estimate of drug-likeness (QED) is 0.476. The lowest BCUT2D eigenvalue weighted by Crippen LogP contribution is -2.09. The van der Waals surface area contributed by atoms with Gasteiger partial charge in [-0.2, -0.15) is 0 Å². The number of carbonyl (C=O) groups is 2. The zero-order valence-electron chi connectivity index (χ0n) is 11.0. The van der Waals surface area contributed by atoms with E-state index in [9.17, 15) is 9.59 Å². The Bertz CT molecular complexity index is 458. The van der Waals surface area contributed by atoms with Crippen LogP contribution in [0, 0.1) is 0 Å². The van der Waals surface area contributed by atoms with Crippen LogP contribution >= 0.6 is 0 Å². The standard InChI is InChI=1S/C13H17NO5/c1-17-12(15)4-3-7-19-11-6-5-9(14)8-10(11)13(16)18-2/h5-6,8H,3-4,7,14H2,1-2H3. The van der Waals surface area contributed by atoms with Crippen molar-refractivity contribution >= 4 is 17.6 Å². The summed E-state index contributed by atoms with van der Waals surface area (Å²) in [5, 5.41) is 0. The van der Waals surface area contributed by atoms with E-state index in [1.165, 1.54) is 20.3 Å². The molecule has 2 N–H and O–H groups in total. The normalized spacial score (nSPS) is 9.79. The fourth-order valence-corrected chi connectivity index (χ4v) is 1.44. The van der Waals surface area contributed by atoms with E-state index in [1.807, 2.05) is 0 Å². The van der Waals surface area contributed by atoms with Crippen molar-refractivity contribution in [1.82, 2.24) is 0 Å². The maximum atomic E-state index is 11.5. The van der Waals surface area contributed by atoms with Gasteiger partial charge in [-0.1, -0.05) is 0 Å². The summed E-state index contributed by atoms with van der Waals surface area (Å²) in [7, 11) is 2.62. The Morgan fingerprint density at radius 3 is 2.58 bits per heavy atom. The highest BCUT2D eigenvalue weighted by Crippen LogP contribution is 2.22. The number of nitrogens with two attached hydrogens (primary N) is 1. The van der Waals surface area contributed by atoms with Crippen LogP contribution in [0.4, 0.5) is 5.69 Å². The van der Waals surface area contributed by atoms with Crippen LogP contribution in [0.2, 0.25) is 0 Å². The number of benzene rings is 1. The lowest BCUT2D eigenvalue weighted by molar-refractivity contribution is -0.140. The largest absolute Gasteiger partial charge is 0.493 e. The first kappa shape index (κ1) is 14.8. The average molecular weight is 267 g/mol. The van der Waals surface area contributed by atoms with Crippen LogP contribution < -0.4 is 10.5 Å². The summed E-state index contributed by atoms with van der Waals surface area (Å²) in [5.74, 6) is -0.435. The second-order valence-corrected chi connectivity index (χ2v) is 3.78. The van der Waals surface area contributed by atoms with E-state index in [0.29, 0.717) is 24.5 Å². The molecular formula is C13H17NO5. The number of esters is 2. The Kier molecular flexibility index (Phi) is 5.66. The van der Waals surface area contributed by atoms with Crippen molar-refractivity contribution in [3.63, 3.8) is 0 Å². The van der Waals surface area contributed by atoms with Gasteiger partial charge in [0.2, 0.25) is 0 Å². The van der Waals surface area contributed by atoms with Gasteiger partial charge in [-0.05, 0) is 24.6 Å². The number of carbonyl (C=O) groups excluding carboxylic acids is 2. The van der Waals surface area contributed by atoms with E-state index in [-0.39, 0.29) is 18.0 Å². The molecule has 1 rings (SSSR count). The molecule has 0 aliphatic rings. The maximum absolute atomic E-state index is 11.5. The summed E-state index contributed by atoms with van der Waals surface area (Å²) in [4.78, 5) is 22.5. The van der Waals surface area contributed by atoms with E-state index < -0.39 is 5.97 Å². The van der Waals surface area contributed by atoms with Crippen molar-refractivity contribution < 1.29 is 23.8 Å². The van der Waals surface area contributed by atoms with Gasteiger partial charge in [-0.15, -0.1) is 0 Å². The first-order valence-corrected chi connectivity index (χ1v) is 5.76. The predicted molar refractivity (Wildman–Crippen MR) is 68.9 cm³/mol. The van der Waals surface area contributed by atoms with Crippen molar-refractivity contribution in [2.45, 2.75) is 12.8 Å². The monoisotopic (exact) mass is 267 g/mol. The van der Waals surface area contributed by atoms with Crippen molar-refractivity contribution in [1.29, 1.82) is 0 Å². The zero-order valence-corrected chi connectivity index (χ0v) is 11.0. The molecule has 0 atom stereocenters. The lowest BCUT2D eigenvalue weighted by Gasteiger charge is -2.10. The molecule has 6 heteroatoms. The SMILES string of the molecule is COC(=O)CCCOc1ccc(N)cc1C(=O)OC. The summed E-state index contributed by atoms with van der Waals surface area (Å²) in [6, 6.07) is 4.71. The topological polar surface area (TPSA) is 87.9 Å². The average Bonchev–Trinajstić information content (AvgIpc) is 2.43. The van der Waals surface area contributed by atoms with Gasteiger partial charge in [-0.25, -0.2) is 4.79 Å². The van der Waals surface area contributed by atoms with Gasteiger partial charge >= 0.3 is 11.9 Å². The first-order chi connectivity index (χ1) is 9.08. The fraction of sp³-hybridized carbons (Fsp3) is 0.385. The number of hydrogen-bond donors (Lipinski definition) is 1. The summed E-state index contributed by atoms with van der Waals surface area (Å²) in [5.41, 5.74) is 6.32. The molecule has 0 heterocycles. The molecule has 0 aliphatic heterocycles. The molecule has 0 aliphatic carbocycles. The van der Waals surface area contributed by atoms with Crippen LogP contribution in [0.1, 0.15) is 23.2 Å². The van der Waals surface area contributed by atoms with Crippen LogP contribution in [0.5, 0.6) is 5.75 Å². The molecule has 1 aromatic rings. The molecule has 104 valence electrons. The number of hydrogen-bond acceptors (Lipinski definition) is 6. The van der Waals surface area contributed by atoms with Crippen LogP contribution in [0.25, 0.3) is 0 Å². The third kappa shape index (κ3) is 4.50. The molecule has 0 fully saturated rings. The third-order valence-corrected chi connectivity index (χ3v) is 2.42. The van der Waals surface area contributed by atoms with E-state index in [2.05, 4.69) is 9.47 Å². The van der Waals surface area contributed by atoms with Crippen LogP contribution in [0.15, 0.2) is 18.2 Å². The molecule has 0 aromatic heterocycles. The van der Waals surface area contributed by atoms with Crippen molar-refractivity contribution in [2.24, 2.45) is 0 Å². The van der Waals surface area contributed by atoms with E-state index >= 15 is 0 Å². The molecule has 0 spiro atoms. The molecule has 0 saturated heterocycles. The summed E-state index contributed by atoms with van der Waals surface area (Å²) in [6.07, 6.45) is 0.761. The Hall–Kier alpha value is -2.24. The van der Waals surface area contributed by atoms with Gasteiger partial charge in [0.15, 0.2) is 0 Å². The molecule has 1 aromatic carbocycles. The second kappa shape index (κ2) is 7.25. The lowest BCUT2D eigenvalue weighted by atomic mass is 10.2. The first-order valence-electron chi connectivity index (χ1n) is 5.76. The highest BCUT2D eigenvalue weighted by atomic mass is 16.5. The van der Waals surface area contributed by atoms with E-state index in [0.717, 1.165) is 0 Å². The Balaban J connectivity index is 2.62. The zero-order chi connectivity index (χ0) is 14.3. The highest BCUT2D eigenvalue weighted by molar-refractivity contribution is 5.93. The number of ether oxygens (including phenoxy) is 3. The number of nitrogen functional groups attached to an aromatic ring is 1. The molecule has 0 unspecified atom stereocenters. The van der Waals surface area contributed by atoms with Gasteiger partial charge < -0.3 is 19.9 Å². The van der Waals surface area contributed by atoms with Gasteiger partial charge in [0.05, 0.1) is 20.8 Å². The smallest absolute Gasteiger partial charge is 0.341 e. The Morgan fingerprint density at radius 2 is 1.95 bits per heavy atom. The van der Waals surface area contributed by atoms with E-state index in [4.69, 9.17) is 10.5 Å². The molecule has 6 nitrogen and oxygen atoms in total. The minimum atomic E-state index is -0.518. The molecule has 0 amide bonds. The summed E-state index contributed by atoms with van der Waals surface area (Å²) < 4.78 is 14.6. The maximum Gasteiger partial charge on any atom is 0.341 e. The molecule has 19 heavy (non-hydrogen) atoms. The van der Waals surface area contributed by atoms with E-state index in [1.54, 1.807) is 12.1 Å². The van der Waals surface area contributed by atoms with Gasteiger partial charge in [0, 0.05) is 12.1 Å². The molecule has 0 radical (unpaired) electrons. The van der Waals surface area contributed by atoms with Crippen LogP contribution in [0.3, 0.4) is 0 Å². The van der Waals surface area contributed by atoms with Gasteiger partial charge in [0.1, 0.15) is 11.3 Å². The minimum absolute atomic E-state index is 0.263. The van der Waals surface area contributed by atoms with Crippen LogP contribution in [-0.2, 0) is 14.3 Å². The van der Waals surface area contributed by atoms with Crippen molar-refractivity contribution in [3.05, 3.63) is 23.8 Å². The summed E-state index contributed by atoms with van der Waals surface area (Å²) in [6.45, 7) is 0.295. The summed E-state index contributed by atoms with van der Waals surface area (Å²) >= 11 is 0. The van der Waals surface area contributed by atoms with Crippen LogP contribution in [-0.4, -0.2) is 32.8 Å². The van der Waals surface area contributed by atoms with Gasteiger partial charge in [-0.3, -0.25) is 4.79 Å². The van der Waals surface area contributed by atoms with Crippen molar-refractivity contribution in [3.8, 4) is 5.75 Å².